The summed E-state index contributed by atoms with van der Waals surface area (Å²) < 4.78 is 5.20. The SMILES string of the molecule is c1ccc(-c2cc3c4cc(-c5ccccn5)ccc4n4c5ccc6c7ccccc7sc6c5c(c2)c34)cc1. The van der Waals surface area contributed by atoms with Crippen LogP contribution in [-0.2, 0) is 0 Å². The van der Waals surface area contributed by atoms with Crippen molar-refractivity contribution in [3.63, 3.8) is 0 Å². The zero-order valence-electron chi connectivity index (χ0n) is 20.3. The molecule has 0 spiro atoms. The standard InChI is InChI=1S/C35H20N2S/c1-2-8-21(9-3-1)23-19-27-26-18-22(29-11-6-7-17-36-29)13-15-30(26)37-31-16-14-25-24-10-4-5-12-32(24)38-35(25)33(31)28(20-23)34(27)37/h1-20H. The van der Waals surface area contributed by atoms with E-state index >= 15 is 0 Å². The number of nitrogens with zero attached hydrogens (tertiary/aromatic N) is 2. The zero-order valence-corrected chi connectivity index (χ0v) is 21.2. The quantitative estimate of drug-likeness (QED) is 0.231. The normalized spacial score (nSPS) is 12.2. The molecule has 0 bridgehead atoms. The van der Waals surface area contributed by atoms with Crippen LogP contribution in [0.2, 0.25) is 0 Å². The van der Waals surface area contributed by atoms with Crippen molar-refractivity contribution in [3.05, 3.63) is 121 Å². The molecule has 4 aromatic heterocycles. The second-order valence-electron chi connectivity index (χ2n) is 10.0. The Kier molecular flexibility index (Phi) is 3.96. The van der Waals surface area contributed by atoms with Crippen LogP contribution >= 0.6 is 11.3 Å². The Labute approximate surface area is 222 Å². The van der Waals surface area contributed by atoms with E-state index in [1.54, 1.807) is 0 Å². The lowest BCUT2D eigenvalue weighted by atomic mass is 9.98. The van der Waals surface area contributed by atoms with Gasteiger partial charge in [0, 0.05) is 53.5 Å². The molecule has 0 N–H and O–H groups in total. The summed E-state index contributed by atoms with van der Waals surface area (Å²) in [5, 5.41) is 7.92. The lowest BCUT2D eigenvalue weighted by molar-refractivity contribution is 1.33. The Morgan fingerprint density at radius 3 is 2.21 bits per heavy atom. The molecule has 0 atom stereocenters. The predicted molar refractivity (Wildman–Crippen MR) is 163 cm³/mol. The molecule has 0 aliphatic heterocycles. The average molecular weight is 501 g/mol. The van der Waals surface area contributed by atoms with Gasteiger partial charge in [0.1, 0.15) is 0 Å². The summed E-state index contributed by atoms with van der Waals surface area (Å²) in [6.45, 7) is 0. The molecule has 0 amide bonds. The first-order valence-electron chi connectivity index (χ1n) is 12.9. The van der Waals surface area contributed by atoms with Crippen molar-refractivity contribution in [1.82, 2.24) is 9.38 Å². The van der Waals surface area contributed by atoms with E-state index in [4.69, 9.17) is 0 Å². The molecule has 0 saturated heterocycles. The van der Waals surface area contributed by atoms with Crippen molar-refractivity contribution in [3.8, 4) is 22.4 Å². The highest BCUT2D eigenvalue weighted by Crippen LogP contribution is 2.47. The van der Waals surface area contributed by atoms with Crippen LogP contribution < -0.4 is 0 Å². The van der Waals surface area contributed by atoms with E-state index in [2.05, 4.69) is 119 Å². The van der Waals surface area contributed by atoms with Gasteiger partial charge in [0.25, 0.3) is 0 Å². The van der Waals surface area contributed by atoms with Crippen molar-refractivity contribution in [2.45, 2.75) is 0 Å². The van der Waals surface area contributed by atoms with E-state index < -0.39 is 0 Å². The molecule has 0 fully saturated rings. The molecular formula is C35H20N2S. The first-order chi connectivity index (χ1) is 18.8. The van der Waals surface area contributed by atoms with Crippen LogP contribution in [0.5, 0.6) is 0 Å². The minimum absolute atomic E-state index is 0.999. The van der Waals surface area contributed by atoms with Crippen LogP contribution in [0.25, 0.3) is 80.7 Å². The van der Waals surface area contributed by atoms with Gasteiger partial charge in [-0.25, -0.2) is 0 Å². The fourth-order valence-corrected chi connectivity index (χ4v) is 7.56. The number of hydrogen-bond acceptors (Lipinski definition) is 2. The van der Waals surface area contributed by atoms with Crippen molar-refractivity contribution >= 4 is 69.6 Å². The van der Waals surface area contributed by atoms with Gasteiger partial charge < -0.3 is 4.40 Å². The summed E-state index contributed by atoms with van der Waals surface area (Å²) in [6.07, 6.45) is 1.87. The lowest BCUT2D eigenvalue weighted by Crippen LogP contribution is -1.84. The van der Waals surface area contributed by atoms with Gasteiger partial charge in [0.2, 0.25) is 0 Å². The lowest BCUT2D eigenvalue weighted by Gasteiger charge is -2.05. The Morgan fingerprint density at radius 1 is 0.526 bits per heavy atom. The van der Waals surface area contributed by atoms with Gasteiger partial charge >= 0.3 is 0 Å². The molecule has 0 unspecified atom stereocenters. The third-order valence-corrected chi connectivity index (χ3v) is 9.17. The number of rotatable bonds is 2. The Balaban J connectivity index is 1.49. The zero-order chi connectivity index (χ0) is 24.8. The number of aromatic nitrogens is 2. The third kappa shape index (κ3) is 2.64. The molecular weight excluding hydrogens is 480 g/mol. The first kappa shape index (κ1) is 20.3. The molecule has 176 valence electrons. The number of thiophene rings is 1. The van der Waals surface area contributed by atoms with Gasteiger partial charge in [-0.2, -0.15) is 0 Å². The van der Waals surface area contributed by atoms with E-state index in [9.17, 15) is 0 Å². The van der Waals surface area contributed by atoms with Crippen LogP contribution in [-0.4, -0.2) is 9.38 Å². The summed E-state index contributed by atoms with van der Waals surface area (Å²) in [5.41, 5.74) is 8.45. The highest BCUT2D eigenvalue weighted by molar-refractivity contribution is 7.26. The molecule has 2 nitrogen and oxygen atoms in total. The molecule has 9 rings (SSSR count). The van der Waals surface area contributed by atoms with Crippen LogP contribution in [0.1, 0.15) is 0 Å². The summed E-state index contributed by atoms with van der Waals surface area (Å²) >= 11 is 1.91. The summed E-state index contributed by atoms with van der Waals surface area (Å²) in [4.78, 5) is 4.62. The maximum Gasteiger partial charge on any atom is 0.0702 e. The first-order valence-corrected chi connectivity index (χ1v) is 13.7. The maximum absolute atomic E-state index is 4.62. The predicted octanol–water partition coefficient (Wildman–Crippen LogP) is 9.93. The molecule has 0 radical (unpaired) electrons. The fourth-order valence-electron chi connectivity index (χ4n) is 6.30. The van der Waals surface area contributed by atoms with Gasteiger partial charge in [0.15, 0.2) is 0 Å². The highest BCUT2D eigenvalue weighted by atomic mass is 32.1. The minimum atomic E-state index is 0.999. The average Bonchev–Trinajstić information content (AvgIpc) is 3.64. The molecule has 38 heavy (non-hydrogen) atoms. The number of pyridine rings is 1. The Morgan fingerprint density at radius 2 is 1.32 bits per heavy atom. The van der Waals surface area contributed by atoms with E-state index in [-0.39, 0.29) is 0 Å². The van der Waals surface area contributed by atoms with Crippen molar-refractivity contribution in [2.24, 2.45) is 0 Å². The van der Waals surface area contributed by atoms with Gasteiger partial charge in [-0.15, -0.1) is 11.3 Å². The topological polar surface area (TPSA) is 17.3 Å². The number of benzene rings is 5. The monoisotopic (exact) mass is 500 g/mol. The molecule has 0 aliphatic carbocycles. The van der Waals surface area contributed by atoms with Crippen molar-refractivity contribution in [2.75, 3.05) is 0 Å². The second kappa shape index (κ2) is 7.41. The van der Waals surface area contributed by atoms with Crippen LogP contribution in [0.15, 0.2) is 121 Å². The maximum atomic E-state index is 4.62. The molecule has 3 heteroatoms. The summed E-state index contributed by atoms with van der Waals surface area (Å²) in [6, 6.07) is 41.9. The number of hydrogen-bond donors (Lipinski definition) is 0. The summed E-state index contributed by atoms with van der Waals surface area (Å²) in [5.74, 6) is 0. The molecule has 5 aromatic carbocycles. The van der Waals surface area contributed by atoms with Gasteiger partial charge in [-0.1, -0.05) is 66.7 Å². The second-order valence-corrected chi connectivity index (χ2v) is 11.1. The highest BCUT2D eigenvalue weighted by Gasteiger charge is 2.22. The molecule has 4 heterocycles. The van der Waals surface area contributed by atoms with Gasteiger partial charge in [-0.3, -0.25) is 4.98 Å². The van der Waals surface area contributed by atoms with E-state index in [0.717, 1.165) is 11.3 Å². The molecule has 0 saturated carbocycles. The fraction of sp³-hybridized carbons (Fsp3) is 0. The summed E-state index contributed by atoms with van der Waals surface area (Å²) in [7, 11) is 0. The largest absolute Gasteiger partial charge is 0.308 e. The molecule has 0 aliphatic rings. The van der Waals surface area contributed by atoms with E-state index in [0.29, 0.717) is 0 Å². The van der Waals surface area contributed by atoms with Crippen molar-refractivity contribution < 1.29 is 0 Å². The Bertz CT molecular complexity index is 2330. The third-order valence-electron chi connectivity index (χ3n) is 7.96. The Hall–Kier alpha value is -4.73. The number of fused-ring (bicyclic) bond motifs is 10. The van der Waals surface area contributed by atoms with Crippen molar-refractivity contribution in [1.29, 1.82) is 0 Å². The molecule has 9 aromatic rings. The minimum Gasteiger partial charge on any atom is -0.308 e. The van der Waals surface area contributed by atoms with E-state index in [1.807, 2.05) is 23.6 Å². The van der Waals surface area contributed by atoms with Crippen LogP contribution in [0.3, 0.4) is 0 Å². The smallest absolute Gasteiger partial charge is 0.0702 e. The van der Waals surface area contributed by atoms with E-state index in [1.165, 1.54) is 69.4 Å². The van der Waals surface area contributed by atoms with Gasteiger partial charge in [-0.05, 0) is 59.7 Å². The van der Waals surface area contributed by atoms with Crippen LogP contribution in [0, 0.1) is 0 Å². The van der Waals surface area contributed by atoms with Crippen LogP contribution in [0.4, 0.5) is 0 Å². The van der Waals surface area contributed by atoms with Gasteiger partial charge in [0.05, 0.1) is 22.2 Å².